The molecule has 0 bridgehead atoms. The smallest absolute Gasteiger partial charge is 0.191 e. The van der Waals surface area contributed by atoms with Crippen LogP contribution in [0.1, 0.15) is 30.5 Å². The van der Waals surface area contributed by atoms with E-state index in [9.17, 15) is 0 Å². The van der Waals surface area contributed by atoms with Gasteiger partial charge in [0, 0.05) is 45.5 Å². The monoisotopic (exact) mass is 522 g/mol. The standard InChI is InChI=1S/C23H34N6.HI/c1-4-24-23(27-18-21-9-7-6-8-19(21)3)26-17-20-10-11-25-22(16-20)29-14-12-28(5-2)13-15-29;/h6-11,16H,4-5,12-15,17-18H2,1-3H3,(H2,24,26,27);1H. The van der Waals surface area contributed by atoms with Crippen LogP contribution in [-0.2, 0) is 13.1 Å². The minimum atomic E-state index is 0. The Kier molecular flexibility index (Phi) is 10.4. The molecule has 2 N–H and O–H groups in total. The van der Waals surface area contributed by atoms with Crippen LogP contribution in [0.25, 0.3) is 0 Å². The number of aliphatic imine (C=N–C) groups is 1. The summed E-state index contributed by atoms with van der Waals surface area (Å²) in [7, 11) is 0. The highest BCUT2D eigenvalue weighted by atomic mass is 127. The third-order valence-electron chi connectivity index (χ3n) is 5.42. The number of benzene rings is 1. The van der Waals surface area contributed by atoms with E-state index in [4.69, 9.17) is 4.99 Å². The van der Waals surface area contributed by atoms with Crippen LogP contribution in [0.2, 0.25) is 0 Å². The lowest BCUT2D eigenvalue weighted by Crippen LogP contribution is -2.46. The third-order valence-corrected chi connectivity index (χ3v) is 5.42. The first-order chi connectivity index (χ1) is 14.2. The number of hydrogen-bond acceptors (Lipinski definition) is 4. The van der Waals surface area contributed by atoms with Gasteiger partial charge >= 0.3 is 0 Å². The van der Waals surface area contributed by atoms with Gasteiger partial charge in [-0.3, -0.25) is 0 Å². The molecule has 0 atom stereocenters. The molecule has 3 rings (SSSR count). The van der Waals surface area contributed by atoms with Gasteiger partial charge in [-0.05, 0) is 49.2 Å². The molecule has 0 radical (unpaired) electrons. The van der Waals surface area contributed by atoms with E-state index in [1.165, 1.54) is 16.7 Å². The van der Waals surface area contributed by atoms with Crippen molar-refractivity contribution in [2.75, 3.05) is 44.2 Å². The molecule has 1 saturated heterocycles. The summed E-state index contributed by atoms with van der Waals surface area (Å²) in [5.41, 5.74) is 3.76. The molecule has 2 heterocycles. The highest BCUT2D eigenvalue weighted by Crippen LogP contribution is 2.15. The van der Waals surface area contributed by atoms with Crippen molar-refractivity contribution in [2.24, 2.45) is 4.99 Å². The van der Waals surface area contributed by atoms with Gasteiger partial charge in [-0.1, -0.05) is 31.2 Å². The number of hydrogen-bond donors (Lipinski definition) is 2. The summed E-state index contributed by atoms with van der Waals surface area (Å²) in [5.74, 6) is 1.90. The number of halogens is 1. The van der Waals surface area contributed by atoms with E-state index in [0.717, 1.165) is 57.6 Å². The Morgan fingerprint density at radius 3 is 2.53 bits per heavy atom. The zero-order valence-corrected chi connectivity index (χ0v) is 20.7. The molecule has 1 aliphatic rings. The Balaban J connectivity index is 0.00000320. The van der Waals surface area contributed by atoms with E-state index < -0.39 is 0 Å². The maximum absolute atomic E-state index is 4.78. The molecule has 164 valence electrons. The molecule has 1 fully saturated rings. The van der Waals surface area contributed by atoms with Crippen molar-refractivity contribution in [3.8, 4) is 0 Å². The minimum Gasteiger partial charge on any atom is -0.357 e. The molecule has 0 unspecified atom stereocenters. The normalized spacial score (nSPS) is 14.9. The summed E-state index contributed by atoms with van der Waals surface area (Å²) in [4.78, 5) is 14.2. The van der Waals surface area contributed by atoms with Crippen molar-refractivity contribution in [1.29, 1.82) is 0 Å². The summed E-state index contributed by atoms with van der Waals surface area (Å²) in [6, 6.07) is 12.7. The van der Waals surface area contributed by atoms with Crippen molar-refractivity contribution in [3.05, 3.63) is 59.3 Å². The van der Waals surface area contributed by atoms with Gasteiger partial charge in [0.15, 0.2) is 5.96 Å². The molecule has 1 aromatic heterocycles. The lowest BCUT2D eigenvalue weighted by atomic mass is 10.1. The van der Waals surface area contributed by atoms with Crippen molar-refractivity contribution in [1.82, 2.24) is 20.5 Å². The lowest BCUT2D eigenvalue weighted by molar-refractivity contribution is 0.270. The molecule has 1 aliphatic heterocycles. The fourth-order valence-corrected chi connectivity index (χ4v) is 3.52. The molecule has 0 spiro atoms. The number of pyridine rings is 1. The molecule has 0 amide bonds. The van der Waals surface area contributed by atoms with Crippen molar-refractivity contribution in [3.63, 3.8) is 0 Å². The SMILES string of the molecule is CCNC(=NCc1ccnc(N2CCN(CC)CC2)c1)NCc1ccccc1C.I. The maximum Gasteiger partial charge on any atom is 0.191 e. The quantitative estimate of drug-likeness (QED) is 0.332. The summed E-state index contributed by atoms with van der Waals surface area (Å²) >= 11 is 0. The van der Waals surface area contributed by atoms with Crippen molar-refractivity contribution < 1.29 is 0 Å². The Morgan fingerprint density at radius 2 is 1.83 bits per heavy atom. The minimum absolute atomic E-state index is 0. The average molecular weight is 522 g/mol. The first-order valence-corrected chi connectivity index (χ1v) is 10.7. The van der Waals surface area contributed by atoms with E-state index >= 15 is 0 Å². The van der Waals surface area contributed by atoms with Crippen molar-refractivity contribution >= 4 is 35.8 Å². The van der Waals surface area contributed by atoms with Gasteiger partial charge in [0.1, 0.15) is 5.82 Å². The molecular formula is C23H35IN6. The first-order valence-electron chi connectivity index (χ1n) is 10.7. The Hall–Kier alpha value is -1.87. The number of nitrogens with zero attached hydrogens (tertiary/aromatic N) is 4. The summed E-state index contributed by atoms with van der Waals surface area (Å²) in [5, 5.41) is 6.78. The fraction of sp³-hybridized carbons (Fsp3) is 0.478. The Morgan fingerprint density at radius 1 is 1.07 bits per heavy atom. The van der Waals surface area contributed by atoms with Gasteiger partial charge in [-0.2, -0.15) is 0 Å². The molecular weight excluding hydrogens is 487 g/mol. The molecule has 1 aromatic carbocycles. The molecule has 0 aliphatic carbocycles. The van der Waals surface area contributed by atoms with Gasteiger partial charge < -0.3 is 20.4 Å². The van der Waals surface area contributed by atoms with Gasteiger partial charge in [-0.25, -0.2) is 9.98 Å². The van der Waals surface area contributed by atoms with E-state index in [-0.39, 0.29) is 24.0 Å². The second-order valence-electron chi connectivity index (χ2n) is 7.42. The van der Waals surface area contributed by atoms with Crippen LogP contribution >= 0.6 is 24.0 Å². The van der Waals surface area contributed by atoms with Crippen LogP contribution < -0.4 is 15.5 Å². The Labute approximate surface area is 198 Å². The molecule has 0 saturated carbocycles. The Bertz CT molecular complexity index is 802. The number of piperazine rings is 1. The topological polar surface area (TPSA) is 55.8 Å². The maximum atomic E-state index is 4.78. The molecule has 2 aromatic rings. The van der Waals surface area contributed by atoms with Gasteiger partial charge in [-0.15, -0.1) is 24.0 Å². The molecule has 6 nitrogen and oxygen atoms in total. The van der Waals surface area contributed by atoms with E-state index in [1.54, 1.807) is 0 Å². The third kappa shape index (κ3) is 7.12. The van der Waals surface area contributed by atoms with Crippen LogP contribution in [0, 0.1) is 6.92 Å². The number of likely N-dealkylation sites (N-methyl/N-ethyl adjacent to an activating group) is 1. The zero-order valence-electron chi connectivity index (χ0n) is 18.4. The number of rotatable bonds is 7. The van der Waals surface area contributed by atoms with Crippen LogP contribution in [0.15, 0.2) is 47.6 Å². The molecule has 7 heteroatoms. The highest BCUT2D eigenvalue weighted by Gasteiger charge is 2.16. The number of aryl methyl sites for hydroxylation is 1. The predicted molar refractivity (Wildman–Crippen MR) is 137 cm³/mol. The van der Waals surface area contributed by atoms with Crippen LogP contribution in [0.3, 0.4) is 0 Å². The lowest BCUT2D eigenvalue weighted by Gasteiger charge is -2.34. The summed E-state index contributed by atoms with van der Waals surface area (Å²) in [6.45, 7) is 14.1. The second kappa shape index (κ2) is 12.7. The van der Waals surface area contributed by atoms with Gasteiger partial charge in [0.2, 0.25) is 0 Å². The predicted octanol–water partition coefficient (Wildman–Crippen LogP) is 3.41. The van der Waals surface area contributed by atoms with Gasteiger partial charge in [0.25, 0.3) is 0 Å². The van der Waals surface area contributed by atoms with E-state index in [1.807, 2.05) is 6.20 Å². The molecule has 30 heavy (non-hydrogen) atoms. The van der Waals surface area contributed by atoms with Gasteiger partial charge in [0.05, 0.1) is 6.54 Å². The summed E-state index contributed by atoms with van der Waals surface area (Å²) in [6.07, 6.45) is 1.90. The fourth-order valence-electron chi connectivity index (χ4n) is 3.52. The average Bonchev–Trinajstić information content (AvgIpc) is 2.77. The number of guanidine groups is 1. The highest BCUT2D eigenvalue weighted by molar-refractivity contribution is 14.0. The number of aromatic nitrogens is 1. The van der Waals surface area contributed by atoms with E-state index in [0.29, 0.717) is 6.54 Å². The van der Waals surface area contributed by atoms with Crippen LogP contribution in [0.4, 0.5) is 5.82 Å². The first kappa shape index (κ1) is 24.4. The number of anilines is 1. The van der Waals surface area contributed by atoms with Crippen LogP contribution in [0.5, 0.6) is 0 Å². The van der Waals surface area contributed by atoms with Crippen molar-refractivity contribution in [2.45, 2.75) is 33.9 Å². The number of nitrogens with one attached hydrogen (secondary N) is 2. The van der Waals surface area contributed by atoms with Crippen LogP contribution in [-0.4, -0.2) is 55.1 Å². The zero-order chi connectivity index (χ0) is 20.5. The largest absolute Gasteiger partial charge is 0.357 e. The van der Waals surface area contributed by atoms with E-state index in [2.05, 4.69) is 82.6 Å². The summed E-state index contributed by atoms with van der Waals surface area (Å²) < 4.78 is 0. The second-order valence-corrected chi connectivity index (χ2v) is 7.42.